The van der Waals surface area contributed by atoms with E-state index in [4.69, 9.17) is 9.47 Å². The third kappa shape index (κ3) is 5.42. The predicted octanol–water partition coefficient (Wildman–Crippen LogP) is 4.99. The molecule has 3 aromatic carbocycles. The summed E-state index contributed by atoms with van der Waals surface area (Å²) in [7, 11) is 0. The lowest BCUT2D eigenvalue weighted by atomic mass is 10.2. The van der Waals surface area contributed by atoms with Crippen molar-refractivity contribution >= 4 is 17.6 Å². The SMILES string of the molecule is Fc1cccc(COc2ccc(C=Nc3ccc(N4CCOCC4)cc3)cc2)c1. The van der Waals surface area contributed by atoms with Crippen LogP contribution < -0.4 is 9.64 Å². The summed E-state index contributed by atoms with van der Waals surface area (Å²) >= 11 is 0. The van der Waals surface area contributed by atoms with Crippen molar-refractivity contribution in [2.24, 2.45) is 4.99 Å². The minimum atomic E-state index is -0.254. The molecule has 0 saturated carbocycles. The molecule has 3 aromatic rings. The van der Waals surface area contributed by atoms with Crippen molar-refractivity contribution in [1.82, 2.24) is 0 Å². The van der Waals surface area contributed by atoms with Crippen molar-refractivity contribution in [1.29, 1.82) is 0 Å². The van der Waals surface area contributed by atoms with Crippen LogP contribution in [0.2, 0.25) is 0 Å². The first-order chi connectivity index (χ1) is 14.3. The fourth-order valence-corrected chi connectivity index (χ4v) is 3.16. The summed E-state index contributed by atoms with van der Waals surface area (Å²) in [6, 6.07) is 22.4. The molecule has 1 saturated heterocycles. The van der Waals surface area contributed by atoms with Crippen molar-refractivity contribution < 1.29 is 13.9 Å². The van der Waals surface area contributed by atoms with Crippen LogP contribution in [0, 0.1) is 5.82 Å². The van der Waals surface area contributed by atoms with Gasteiger partial charge in [0.25, 0.3) is 0 Å². The van der Waals surface area contributed by atoms with Gasteiger partial charge in [-0.3, -0.25) is 4.99 Å². The number of anilines is 1. The number of hydrogen-bond acceptors (Lipinski definition) is 4. The van der Waals surface area contributed by atoms with Crippen LogP contribution in [0.5, 0.6) is 5.75 Å². The Hall–Kier alpha value is -3.18. The lowest BCUT2D eigenvalue weighted by molar-refractivity contribution is 0.122. The lowest BCUT2D eigenvalue weighted by Gasteiger charge is -2.28. The van der Waals surface area contributed by atoms with Gasteiger partial charge in [0, 0.05) is 25.0 Å². The van der Waals surface area contributed by atoms with Crippen molar-refractivity contribution in [2.75, 3.05) is 31.2 Å². The fraction of sp³-hybridized carbons (Fsp3) is 0.208. The summed E-state index contributed by atoms with van der Waals surface area (Å²) in [6.07, 6.45) is 1.83. The fourth-order valence-electron chi connectivity index (χ4n) is 3.16. The summed E-state index contributed by atoms with van der Waals surface area (Å²) in [6.45, 7) is 3.75. The van der Waals surface area contributed by atoms with E-state index in [1.54, 1.807) is 6.07 Å². The quantitative estimate of drug-likeness (QED) is 0.556. The Morgan fingerprint density at radius 2 is 1.72 bits per heavy atom. The van der Waals surface area contributed by atoms with Crippen LogP contribution >= 0.6 is 0 Å². The molecular formula is C24H23FN2O2. The van der Waals surface area contributed by atoms with Crippen molar-refractivity contribution in [2.45, 2.75) is 6.61 Å². The summed E-state index contributed by atoms with van der Waals surface area (Å²) in [5.41, 5.74) is 3.90. The standard InChI is InChI=1S/C24H23FN2O2/c25-21-3-1-2-20(16-21)18-29-24-10-4-19(5-11-24)17-26-22-6-8-23(9-7-22)27-12-14-28-15-13-27/h1-11,16-17H,12-15,18H2. The zero-order valence-electron chi connectivity index (χ0n) is 16.1. The van der Waals surface area contributed by atoms with E-state index in [-0.39, 0.29) is 5.82 Å². The minimum absolute atomic E-state index is 0.254. The highest BCUT2D eigenvalue weighted by molar-refractivity contribution is 5.82. The Balaban J connectivity index is 1.32. The van der Waals surface area contributed by atoms with Crippen LogP contribution in [0.4, 0.5) is 15.8 Å². The first kappa shape index (κ1) is 19.2. The summed E-state index contributed by atoms with van der Waals surface area (Å²) < 4.78 is 24.3. The molecule has 4 rings (SSSR count). The molecule has 1 aliphatic rings. The molecule has 0 amide bonds. The van der Waals surface area contributed by atoms with E-state index in [0.29, 0.717) is 6.61 Å². The third-order valence-electron chi connectivity index (χ3n) is 4.76. The zero-order chi connectivity index (χ0) is 19.9. The predicted molar refractivity (Wildman–Crippen MR) is 114 cm³/mol. The Labute approximate surface area is 170 Å². The van der Waals surface area contributed by atoms with E-state index >= 15 is 0 Å². The summed E-state index contributed by atoms with van der Waals surface area (Å²) in [4.78, 5) is 6.86. The van der Waals surface area contributed by atoms with Gasteiger partial charge >= 0.3 is 0 Å². The van der Waals surface area contributed by atoms with Crippen LogP contribution in [0.1, 0.15) is 11.1 Å². The third-order valence-corrected chi connectivity index (χ3v) is 4.76. The molecule has 4 nitrogen and oxygen atoms in total. The maximum Gasteiger partial charge on any atom is 0.123 e. The second-order valence-electron chi connectivity index (χ2n) is 6.86. The van der Waals surface area contributed by atoms with Gasteiger partial charge in [0.1, 0.15) is 18.2 Å². The van der Waals surface area contributed by atoms with Gasteiger partial charge in [-0.05, 0) is 71.8 Å². The van der Waals surface area contributed by atoms with Gasteiger partial charge in [-0.15, -0.1) is 0 Å². The average molecular weight is 390 g/mol. The Kier molecular flexibility index (Phi) is 6.17. The monoisotopic (exact) mass is 390 g/mol. The van der Waals surface area contributed by atoms with Gasteiger partial charge in [-0.25, -0.2) is 4.39 Å². The van der Waals surface area contributed by atoms with Crippen LogP contribution in [0.25, 0.3) is 0 Å². The molecular weight excluding hydrogens is 367 g/mol. The molecule has 1 heterocycles. The number of hydrogen-bond donors (Lipinski definition) is 0. The minimum Gasteiger partial charge on any atom is -0.489 e. The molecule has 0 aliphatic carbocycles. The number of benzene rings is 3. The molecule has 29 heavy (non-hydrogen) atoms. The van der Waals surface area contributed by atoms with Gasteiger partial charge < -0.3 is 14.4 Å². The van der Waals surface area contributed by atoms with E-state index in [2.05, 4.69) is 22.0 Å². The Morgan fingerprint density at radius 1 is 0.966 bits per heavy atom. The van der Waals surface area contributed by atoms with Crippen molar-refractivity contribution in [3.8, 4) is 5.75 Å². The highest BCUT2D eigenvalue weighted by Gasteiger charge is 2.10. The van der Waals surface area contributed by atoms with Crippen LogP contribution in [0.3, 0.4) is 0 Å². The van der Waals surface area contributed by atoms with E-state index in [9.17, 15) is 4.39 Å². The number of aliphatic imine (C=N–C) groups is 1. The highest BCUT2D eigenvalue weighted by Crippen LogP contribution is 2.21. The van der Waals surface area contributed by atoms with Gasteiger partial charge in [0.15, 0.2) is 0 Å². The van der Waals surface area contributed by atoms with Crippen LogP contribution in [0.15, 0.2) is 77.8 Å². The zero-order valence-corrected chi connectivity index (χ0v) is 16.1. The molecule has 0 atom stereocenters. The average Bonchev–Trinajstić information content (AvgIpc) is 2.78. The van der Waals surface area contributed by atoms with Crippen LogP contribution in [-0.4, -0.2) is 32.5 Å². The molecule has 0 unspecified atom stereocenters. The van der Waals surface area contributed by atoms with Gasteiger partial charge in [0.2, 0.25) is 0 Å². The maximum absolute atomic E-state index is 13.2. The molecule has 0 radical (unpaired) electrons. The molecule has 0 aromatic heterocycles. The van der Waals surface area contributed by atoms with E-state index in [1.807, 2.05) is 48.7 Å². The number of morpholine rings is 1. The normalized spacial score (nSPS) is 14.3. The summed E-state index contributed by atoms with van der Waals surface area (Å²) in [5, 5.41) is 0. The molecule has 0 N–H and O–H groups in total. The van der Waals surface area contributed by atoms with Crippen LogP contribution in [-0.2, 0) is 11.3 Å². The molecule has 5 heteroatoms. The topological polar surface area (TPSA) is 34.1 Å². The second-order valence-corrected chi connectivity index (χ2v) is 6.86. The number of ether oxygens (including phenoxy) is 2. The Bertz CT molecular complexity index is 949. The van der Waals surface area contributed by atoms with E-state index in [1.165, 1.54) is 17.8 Å². The molecule has 0 spiro atoms. The second kappa shape index (κ2) is 9.34. The van der Waals surface area contributed by atoms with E-state index in [0.717, 1.165) is 48.9 Å². The maximum atomic E-state index is 13.2. The van der Waals surface area contributed by atoms with Crippen molar-refractivity contribution in [3.05, 3.63) is 89.7 Å². The van der Waals surface area contributed by atoms with E-state index < -0.39 is 0 Å². The van der Waals surface area contributed by atoms with Gasteiger partial charge in [0.05, 0.1) is 18.9 Å². The summed E-state index contributed by atoms with van der Waals surface area (Å²) in [5.74, 6) is 0.483. The molecule has 1 aliphatic heterocycles. The molecule has 1 fully saturated rings. The molecule has 148 valence electrons. The number of halogens is 1. The first-order valence-corrected chi connectivity index (χ1v) is 9.70. The first-order valence-electron chi connectivity index (χ1n) is 9.70. The number of nitrogens with zero attached hydrogens (tertiary/aromatic N) is 2. The van der Waals surface area contributed by atoms with Crippen molar-refractivity contribution in [3.63, 3.8) is 0 Å². The largest absolute Gasteiger partial charge is 0.489 e. The Morgan fingerprint density at radius 3 is 2.45 bits per heavy atom. The number of rotatable bonds is 6. The highest BCUT2D eigenvalue weighted by atomic mass is 19.1. The lowest BCUT2D eigenvalue weighted by Crippen LogP contribution is -2.36. The molecule has 0 bridgehead atoms. The smallest absolute Gasteiger partial charge is 0.123 e. The van der Waals surface area contributed by atoms with Gasteiger partial charge in [-0.1, -0.05) is 12.1 Å². The van der Waals surface area contributed by atoms with Gasteiger partial charge in [-0.2, -0.15) is 0 Å².